The van der Waals surface area contributed by atoms with Gasteiger partial charge in [0.2, 0.25) is 5.89 Å². The van der Waals surface area contributed by atoms with Gasteiger partial charge in [0.05, 0.1) is 12.5 Å². The molecular weight excluding hydrogens is 244 g/mol. The largest absolute Gasteiger partial charge is 0.392 e. The first-order valence-electron chi connectivity index (χ1n) is 7.38. The number of nitrogens with zero attached hydrogens (tertiary/aromatic N) is 2. The van der Waals surface area contributed by atoms with Crippen LogP contribution in [0.2, 0.25) is 0 Å². The van der Waals surface area contributed by atoms with Crippen LogP contribution in [0.15, 0.2) is 4.52 Å². The molecular formula is C14H22N2O3. The molecule has 0 radical (unpaired) electrons. The van der Waals surface area contributed by atoms with E-state index in [1.165, 1.54) is 12.8 Å². The summed E-state index contributed by atoms with van der Waals surface area (Å²) in [6.45, 7) is 1.64. The summed E-state index contributed by atoms with van der Waals surface area (Å²) in [5.74, 6) is 2.27. The Morgan fingerprint density at radius 3 is 2.84 bits per heavy atom. The van der Waals surface area contributed by atoms with Crippen LogP contribution < -0.4 is 0 Å². The minimum atomic E-state index is -0.328. The zero-order chi connectivity index (χ0) is 13.1. The van der Waals surface area contributed by atoms with Gasteiger partial charge in [0.25, 0.3) is 0 Å². The summed E-state index contributed by atoms with van der Waals surface area (Å²) in [5, 5.41) is 14.2. The van der Waals surface area contributed by atoms with Gasteiger partial charge in [-0.25, -0.2) is 0 Å². The smallest absolute Gasteiger partial charge is 0.229 e. The Bertz CT molecular complexity index is 395. The van der Waals surface area contributed by atoms with E-state index in [-0.39, 0.29) is 6.10 Å². The normalized spacial score (nSPS) is 26.1. The lowest BCUT2D eigenvalue weighted by atomic mass is 9.98. The van der Waals surface area contributed by atoms with Crippen LogP contribution in [0.25, 0.3) is 0 Å². The van der Waals surface area contributed by atoms with Crippen molar-refractivity contribution in [2.24, 2.45) is 11.8 Å². The average Bonchev–Trinajstić information content (AvgIpc) is 3.10. The fraction of sp³-hybridized carbons (Fsp3) is 0.857. The quantitative estimate of drug-likeness (QED) is 0.879. The molecule has 2 fully saturated rings. The van der Waals surface area contributed by atoms with Crippen LogP contribution in [0, 0.1) is 11.8 Å². The number of ether oxygens (including phenoxy) is 1. The third kappa shape index (κ3) is 3.34. The van der Waals surface area contributed by atoms with Crippen molar-refractivity contribution in [2.75, 3.05) is 13.2 Å². The van der Waals surface area contributed by atoms with E-state index in [2.05, 4.69) is 10.1 Å². The van der Waals surface area contributed by atoms with Crippen molar-refractivity contribution >= 4 is 0 Å². The highest BCUT2D eigenvalue weighted by Gasteiger charge is 2.25. The van der Waals surface area contributed by atoms with Gasteiger partial charge in [-0.1, -0.05) is 18.0 Å². The summed E-state index contributed by atoms with van der Waals surface area (Å²) >= 11 is 0. The van der Waals surface area contributed by atoms with Crippen molar-refractivity contribution < 1.29 is 14.4 Å². The number of hydrogen-bond donors (Lipinski definition) is 1. The summed E-state index contributed by atoms with van der Waals surface area (Å²) in [6, 6.07) is 0. The van der Waals surface area contributed by atoms with E-state index >= 15 is 0 Å². The monoisotopic (exact) mass is 266 g/mol. The van der Waals surface area contributed by atoms with Gasteiger partial charge in [0.1, 0.15) is 0 Å². The van der Waals surface area contributed by atoms with Crippen LogP contribution in [0.1, 0.15) is 43.8 Å². The van der Waals surface area contributed by atoms with Gasteiger partial charge in [-0.2, -0.15) is 4.98 Å². The molecule has 1 aromatic heterocycles. The molecule has 0 bridgehead atoms. The topological polar surface area (TPSA) is 68.4 Å². The Morgan fingerprint density at radius 1 is 1.26 bits per heavy atom. The zero-order valence-electron chi connectivity index (χ0n) is 11.3. The molecule has 5 heteroatoms. The van der Waals surface area contributed by atoms with Crippen molar-refractivity contribution in [3.8, 4) is 0 Å². The van der Waals surface area contributed by atoms with Crippen molar-refractivity contribution in [3.05, 3.63) is 11.7 Å². The predicted octanol–water partition coefficient (Wildman–Crippen LogP) is 1.74. The molecule has 106 valence electrons. The highest BCUT2D eigenvalue weighted by Crippen LogP contribution is 2.29. The van der Waals surface area contributed by atoms with Crippen LogP contribution in [-0.4, -0.2) is 34.6 Å². The maximum atomic E-state index is 10.1. The number of aliphatic hydroxyl groups excluding tert-OH is 1. The fourth-order valence-electron chi connectivity index (χ4n) is 3.15. The molecule has 5 nitrogen and oxygen atoms in total. The molecule has 1 aliphatic heterocycles. The third-order valence-corrected chi connectivity index (χ3v) is 4.33. The Labute approximate surface area is 113 Å². The molecule has 0 aromatic carbocycles. The second-order valence-corrected chi connectivity index (χ2v) is 5.85. The summed E-state index contributed by atoms with van der Waals surface area (Å²) in [6.07, 6.45) is 6.79. The molecule has 0 amide bonds. The molecule has 2 heterocycles. The first kappa shape index (κ1) is 13.1. The number of aromatic nitrogens is 2. The van der Waals surface area contributed by atoms with Gasteiger partial charge in [0, 0.05) is 19.6 Å². The van der Waals surface area contributed by atoms with Crippen LogP contribution in [0.3, 0.4) is 0 Å². The van der Waals surface area contributed by atoms with E-state index in [0.717, 1.165) is 44.7 Å². The third-order valence-electron chi connectivity index (χ3n) is 4.33. The van der Waals surface area contributed by atoms with E-state index in [0.29, 0.717) is 24.1 Å². The van der Waals surface area contributed by atoms with E-state index in [9.17, 15) is 5.11 Å². The molecule has 1 saturated carbocycles. The molecule has 19 heavy (non-hydrogen) atoms. The summed E-state index contributed by atoms with van der Waals surface area (Å²) in [4.78, 5) is 4.39. The lowest BCUT2D eigenvalue weighted by Crippen LogP contribution is -2.20. The first-order chi connectivity index (χ1) is 9.31. The molecule has 2 atom stereocenters. The van der Waals surface area contributed by atoms with Gasteiger partial charge in [-0.05, 0) is 31.1 Å². The summed E-state index contributed by atoms with van der Waals surface area (Å²) in [5.41, 5.74) is 0. The second kappa shape index (κ2) is 6.01. The standard InChI is InChI=1S/C14H22N2O3/c17-12(11-3-1-2-4-11)8-14-15-13(16-19-14)7-10-5-6-18-9-10/h10-12,17H,1-9H2. The van der Waals surface area contributed by atoms with Gasteiger partial charge >= 0.3 is 0 Å². The van der Waals surface area contributed by atoms with Crippen molar-refractivity contribution in [2.45, 2.75) is 51.0 Å². The van der Waals surface area contributed by atoms with Gasteiger partial charge < -0.3 is 14.4 Å². The lowest BCUT2D eigenvalue weighted by Gasteiger charge is -2.14. The highest BCUT2D eigenvalue weighted by molar-refractivity contribution is 4.92. The zero-order valence-corrected chi connectivity index (χ0v) is 11.3. The SMILES string of the molecule is OC(Cc1nc(CC2CCOC2)no1)C1CCCC1. The predicted molar refractivity (Wildman–Crippen MR) is 68.6 cm³/mol. The van der Waals surface area contributed by atoms with E-state index in [4.69, 9.17) is 9.26 Å². The Morgan fingerprint density at radius 2 is 2.11 bits per heavy atom. The maximum absolute atomic E-state index is 10.1. The van der Waals surface area contributed by atoms with Gasteiger partial charge in [-0.15, -0.1) is 0 Å². The molecule has 3 rings (SSSR count). The van der Waals surface area contributed by atoms with Crippen LogP contribution in [-0.2, 0) is 17.6 Å². The van der Waals surface area contributed by atoms with Crippen LogP contribution >= 0.6 is 0 Å². The van der Waals surface area contributed by atoms with Crippen molar-refractivity contribution in [1.29, 1.82) is 0 Å². The minimum Gasteiger partial charge on any atom is -0.392 e. The summed E-state index contributed by atoms with van der Waals surface area (Å²) in [7, 11) is 0. The molecule has 2 unspecified atom stereocenters. The number of rotatable bonds is 5. The average molecular weight is 266 g/mol. The molecule has 1 aliphatic carbocycles. The Kier molecular flexibility index (Phi) is 4.13. The van der Waals surface area contributed by atoms with Crippen LogP contribution in [0.4, 0.5) is 0 Å². The lowest BCUT2D eigenvalue weighted by molar-refractivity contribution is 0.102. The van der Waals surface area contributed by atoms with Crippen LogP contribution in [0.5, 0.6) is 0 Å². The molecule has 1 aromatic rings. The molecule has 1 N–H and O–H groups in total. The molecule has 2 aliphatic rings. The van der Waals surface area contributed by atoms with Crippen molar-refractivity contribution in [1.82, 2.24) is 10.1 Å². The van der Waals surface area contributed by atoms with Gasteiger partial charge in [0.15, 0.2) is 5.82 Å². The maximum Gasteiger partial charge on any atom is 0.229 e. The molecule has 1 saturated heterocycles. The fourth-order valence-corrected chi connectivity index (χ4v) is 3.15. The number of aliphatic hydroxyl groups is 1. The Hall–Kier alpha value is -0.940. The van der Waals surface area contributed by atoms with E-state index < -0.39 is 0 Å². The van der Waals surface area contributed by atoms with Crippen molar-refractivity contribution in [3.63, 3.8) is 0 Å². The Balaban J connectivity index is 1.52. The first-order valence-corrected chi connectivity index (χ1v) is 7.38. The molecule has 0 spiro atoms. The summed E-state index contributed by atoms with van der Waals surface area (Å²) < 4.78 is 10.6. The van der Waals surface area contributed by atoms with Gasteiger partial charge in [-0.3, -0.25) is 0 Å². The van der Waals surface area contributed by atoms with E-state index in [1.807, 2.05) is 0 Å². The van der Waals surface area contributed by atoms with E-state index in [1.54, 1.807) is 0 Å². The minimum absolute atomic E-state index is 0.328. The second-order valence-electron chi connectivity index (χ2n) is 5.85. The highest BCUT2D eigenvalue weighted by atomic mass is 16.5. The number of hydrogen-bond acceptors (Lipinski definition) is 5.